The van der Waals surface area contributed by atoms with Crippen LogP contribution in [0, 0.1) is 23.4 Å². The summed E-state index contributed by atoms with van der Waals surface area (Å²) in [6.45, 7) is 1.59. The Bertz CT molecular complexity index is 1990. The van der Waals surface area contributed by atoms with Crippen molar-refractivity contribution >= 4 is 22.7 Å². The molecule has 0 unspecified atom stereocenters. The molecule has 0 saturated heterocycles. The summed E-state index contributed by atoms with van der Waals surface area (Å²) in [6.07, 6.45) is 5.83. The molecule has 2 amide bonds. The molecule has 3 saturated carbocycles. The number of nitrogens with one attached hydrogen (secondary N) is 1. The van der Waals surface area contributed by atoms with Gasteiger partial charge in [-0.25, -0.2) is 27.2 Å². The van der Waals surface area contributed by atoms with Crippen LogP contribution in [0.15, 0.2) is 36.5 Å². The molecular weight excluding hydrogens is 618 g/mol. The van der Waals surface area contributed by atoms with E-state index in [1.807, 2.05) is 0 Å². The lowest BCUT2D eigenvalue weighted by Gasteiger charge is -2.22. The van der Waals surface area contributed by atoms with Crippen LogP contribution < -0.4 is 20.5 Å². The fourth-order valence-corrected chi connectivity index (χ4v) is 6.23. The highest BCUT2D eigenvalue weighted by Gasteiger charge is 2.47. The summed E-state index contributed by atoms with van der Waals surface area (Å²) in [6, 6.07) is 6.09. The Balaban J connectivity index is 1.14. The minimum Gasteiger partial charge on any atom is -0.489 e. The van der Waals surface area contributed by atoms with Crippen molar-refractivity contribution in [3.63, 3.8) is 0 Å². The van der Waals surface area contributed by atoms with Crippen LogP contribution >= 0.6 is 0 Å². The number of nitrogens with zero attached hydrogens (tertiary/aromatic N) is 3. The number of primary amides is 1. The number of hydrogen-bond acceptors (Lipinski definition) is 6. The zero-order valence-electron chi connectivity index (χ0n) is 25.4. The molecule has 13 heteroatoms. The number of fused-ring (bicyclic) bond motifs is 2. The number of carbonyl (C=O) groups excluding carboxylic acids is 2. The molecule has 1 aliphatic heterocycles. The van der Waals surface area contributed by atoms with Crippen LogP contribution in [0.25, 0.3) is 22.2 Å². The first-order valence-corrected chi connectivity index (χ1v) is 15.7. The summed E-state index contributed by atoms with van der Waals surface area (Å²) < 4.78 is 71.3. The lowest BCUT2D eigenvalue weighted by molar-refractivity contribution is -0.123. The smallest absolute Gasteiger partial charge is 0.251 e. The molecule has 0 bridgehead atoms. The first-order valence-electron chi connectivity index (χ1n) is 15.7. The molecule has 4 aromatic rings. The van der Waals surface area contributed by atoms with E-state index >= 15 is 4.39 Å². The SMILES string of the molecule is C[C@]1(C(N)=O)COc2c1cc([C@@H](CNC(=O)c1cc(OC3CC3)c3nn(C4(F)CC4)cc3c1)C1CC1)nc2-c1cc(F)c(F)cc1F. The van der Waals surface area contributed by atoms with Gasteiger partial charge in [0.25, 0.3) is 5.91 Å². The Morgan fingerprint density at radius 2 is 1.83 bits per heavy atom. The van der Waals surface area contributed by atoms with Gasteiger partial charge < -0.3 is 20.5 Å². The molecular formula is C34H31F4N5O4. The average Bonchev–Trinajstić information content (AvgIpc) is 3.99. The van der Waals surface area contributed by atoms with Crippen molar-refractivity contribution in [1.82, 2.24) is 20.1 Å². The molecule has 0 radical (unpaired) electrons. The van der Waals surface area contributed by atoms with E-state index in [0.717, 1.165) is 25.7 Å². The zero-order valence-corrected chi connectivity index (χ0v) is 25.4. The van der Waals surface area contributed by atoms with Crippen molar-refractivity contribution in [2.24, 2.45) is 11.7 Å². The number of aromatic nitrogens is 3. The summed E-state index contributed by atoms with van der Waals surface area (Å²) in [5.74, 6) is -6.04. The number of carbonyl (C=O) groups is 2. The zero-order chi connectivity index (χ0) is 32.8. The van der Waals surface area contributed by atoms with Gasteiger partial charge in [0.15, 0.2) is 11.6 Å². The van der Waals surface area contributed by atoms with E-state index in [4.69, 9.17) is 15.2 Å². The second-order valence-corrected chi connectivity index (χ2v) is 13.4. The first kappa shape index (κ1) is 29.7. The summed E-state index contributed by atoms with van der Waals surface area (Å²) in [7, 11) is 0. The van der Waals surface area contributed by atoms with Crippen molar-refractivity contribution in [1.29, 1.82) is 0 Å². The largest absolute Gasteiger partial charge is 0.489 e. The third-order valence-electron chi connectivity index (χ3n) is 9.68. The fraction of sp³-hybridized carbons (Fsp3) is 0.412. The summed E-state index contributed by atoms with van der Waals surface area (Å²) in [5.41, 5.74) is 5.66. The van der Waals surface area contributed by atoms with Crippen molar-refractivity contribution in [3.8, 4) is 22.8 Å². The van der Waals surface area contributed by atoms with E-state index in [0.29, 0.717) is 58.4 Å². The Labute approximate surface area is 266 Å². The highest BCUT2D eigenvalue weighted by molar-refractivity contribution is 6.00. The minimum atomic E-state index is -1.52. The highest BCUT2D eigenvalue weighted by atomic mass is 19.2. The van der Waals surface area contributed by atoms with Gasteiger partial charge in [0, 0.05) is 65.3 Å². The first-order chi connectivity index (χ1) is 22.4. The van der Waals surface area contributed by atoms with Gasteiger partial charge in [-0.15, -0.1) is 0 Å². The summed E-state index contributed by atoms with van der Waals surface area (Å²) >= 11 is 0. The quantitative estimate of drug-likeness (QED) is 0.172. The molecule has 0 spiro atoms. The molecule has 2 aromatic carbocycles. The van der Waals surface area contributed by atoms with E-state index in [1.165, 1.54) is 4.68 Å². The Kier molecular flexibility index (Phi) is 6.58. The average molecular weight is 650 g/mol. The maximum Gasteiger partial charge on any atom is 0.251 e. The van der Waals surface area contributed by atoms with Gasteiger partial charge in [-0.05, 0) is 62.8 Å². The van der Waals surface area contributed by atoms with E-state index in [2.05, 4.69) is 15.4 Å². The molecule has 8 rings (SSSR count). The molecule has 3 fully saturated rings. The van der Waals surface area contributed by atoms with Crippen LogP contribution in [-0.2, 0) is 16.0 Å². The standard InChI is InChI=1S/C34H31F4N5O4/c1-33(32(39)45)15-46-30-22(33)11-26(41-29(30)20-10-24(36)25(37)12-23(20)35)21(16-2-3-16)13-40-31(44)17-8-18-14-43(34(38)6-7-34)42-28(18)27(9-17)47-19-4-5-19/h8-12,14,16,19,21H,2-7,13,15H2,1H3,(H2,39,45)(H,40,44)/t21-,33-/m0/s1. The number of rotatable bonds is 10. The molecule has 3 aliphatic carbocycles. The van der Waals surface area contributed by atoms with Gasteiger partial charge in [0.2, 0.25) is 11.7 Å². The van der Waals surface area contributed by atoms with Gasteiger partial charge in [0.1, 0.15) is 40.5 Å². The van der Waals surface area contributed by atoms with E-state index in [1.54, 1.807) is 31.3 Å². The maximum absolute atomic E-state index is 15.1. The number of nitrogens with two attached hydrogens (primary N) is 1. The lowest BCUT2D eigenvalue weighted by Crippen LogP contribution is -2.40. The van der Waals surface area contributed by atoms with Crippen LogP contribution in [0.1, 0.15) is 73.0 Å². The summed E-state index contributed by atoms with van der Waals surface area (Å²) in [4.78, 5) is 30.9. The van der Waals surface area contributed by atoms with Crippen molar-refractivity contribution in [2.75, 3.05) is 13.2 Å². The lowest BCUT2D eigenvalue weighted by atomic mass is 9.82. The molecule has 4 aliphatic rings. The summed E-state index contributed by atoms with van der Waals surface area (Å²) in [5, 5.41) is 8.01. The highest BCUT2D eigenvalue weighted by Crippen LogP contribution is 2.49. The van der Waals surface area contributed by atoms with Crippen molar-refractivity contribution in [3.05, 3.63) is 70.8 Å². The molecule has 244 valence electrons. The van der Waals surface area contributed by atoms with Gasteiger partial charge in [-0.2, -0.15) is 5.10 Å². The minimum absolute atomic E-state index is 0.0238. The second kappa shape index (κ2) is 10.4. The van der Waals surface area contributed by atoms with E-state index in [-0.39, 0.29) is 48.1 Å². The predicted molar refractivity (Wildman–Crippen MR) is 161 cm³/mol. The third-order valence-corrected chi connectivity index (χ3v) is 9.68. The fourth-order valence-electron chi connectivity index (χ4n) is 6.23. The van der Waals surface area contributed by atoms with Crippen LogP contribution in [-0.4, -0.2) is 45.8 Å². The molecule has 2 aromatic heterocycles. The van der Waals surface area contributed by atoms with E-state index < -0.39 is 40.5 Å². The van der Waals surface area contributed by atoms with Crippen LogP contribution in [0.3, 0.4) is 0 Å². The molecule has 47 heavy (non-hydrogen) atoms. The number of ether oxygens (including phenoxy) is 2. The maximum atomic E-state index is 15.1. The monoisotopic (exact) mass is 649 g/mol. The molecule has 3 N–H and O–H groups in total. The third kappa shape index (κ3) is 5.16. The number of alkyl halides is 1. The molecule has 9 nitrogen and oxygen atoms in total. The van der Waals surface area contributed by atoms with Gasteiger partial charge in [0.05, 0.1) is 6.10 Å². The van der Waals surface area contributed by atoms with Crippen molar-refractivity contribution in [2.45, 2.75) is 68.7 Å². The van der Waals surface area contributed by atoms with Crippen molar-refractivity contribution < 1.29 is 36.6 Å². The molecule has 2 atom stereocenters. The number of amides is 2. The number of benzene rings is 2. The van der Waals surface area contributed by atoms with Crippen LogP contribution in [0.4, 0.5) is 17.6 Å². The van der Waals surface area contributed by atoms with Gasteiger partial charge in [-0.3, -0.25) is 9.59 Å². The second-order valence-electron chi connectivity index (χ2n) is 13.4. The predicted octanol–water partition coefficient (Wildman–Crippen LogP) is 5.53. The van der Waals surface area contributed by atoms with Gasteiger partial charge >= 0.3 is 0 Å². The topological polar surface area (TPSA) is 121 Å². The van der Waals surface area contributed by atoms with Crippen LogP contribution in [0.2, 0.25) is 0 Å². The van der Waals surface area contributed by atoms with Crippen LogP contribution in [0.5, 0.6) is 11.5 Å². The van der Waals surface area contributed by atoms with Gasteiger partial charge in [-0.1, -0.05) is 0 Å². The number of pyridine rings is 1. The Morgan fingerprint density at radius 1 is 1.09 bits per heavy atom. The van der Waals surface area contributed by atoms with E-state index in [9.17, 15) is 22.8 Å². The number of halogens is 4. The Morgan fingerprint density at radius 3 is 2.51 bits per heavy atom. The normalized spacial score (nSPS) is 21.6. The Hall–Kier alpha value is -4.68. The number of hydrogen-bond donors (Lipinski definition) is 2. The molecule has 3 heterocycles.